The van der Waals surface area contributed by atoms with Crippen LogP contribution in [0.5, 0.6) is 0 Å². The van der Waals surface area contributed by atoms with E-state index in [0.29, 0.717) is 12.1 Å². The molecule has 0 aliphatic rings. The van der Waals surface area contributed by atoms with Gasteiger partial charge in [0.15, 0.2) is 0 Å². The molecule has 1 aromatic rings. The number of nitrogens with one attached hydrogen (secondary N) is 1. The summed E-state index contributed by atoms with van der Waals surface area (Å²) in [7, 11) is 0. The van der Waals surface area contributed by atoms with Gasteiger partial charge in [0.25, 0.3) is 0 Å². The molecule has 102 valence electrons. The van der Waals surface area contributed by atoms with E-state index in [4.69, 9.17) is 5.11 Å². The number of benzene rings is 1. The number of anilines is 1. The fourth-order valence-electron chi connectivity index (χ4n) is 1.67. The third kappa shape index (κ3) is 3.91. The van der Waals surface area contributed by atoms with Crippen LogP contribution in [0.1, 0.15) is 32.3 Å². The van der Waals surface area contributed by atoms with E-state index in [0.717, 1.165) is 18.6 Å². The zero-order valence-electron chi connectivity index (χ0n) is 10.5. The summed E-state index contributed by atoms with van der Waals surface area (Å²) in [5, 5.41) is 12.1. The summed E-state index contributed by atoms with van der Waals surface area (Å²) < 4.78 is 37.2. The molecule has 2 N–H and O–H groups in total. The zero-order valence-corrected chi connectivity index (χ0v) is 10.5. The summed E-state index contributed by atoms with van der Waals surface area (Å²) in [5.74, 6) is 0. The van der Waals surface area contributed by atoms with E-state index < -0.39 is 11.7 Å². The molecule has 0 spiro atoms. The van der Waals surface area contributed by atoms with Crippen molar-refractivity contribution in [1.29, 1.82) is 0 Å². The number of hydrogen-bond acceptors (Lipinski definition) is 2. The highest BCUT2D eigenvalue weighted by Crippen LogP contribution is 2.30. The molecule has 0 saturated carbocycles. The molecule has 1 unspecified atom stereocenters. The quantitative estimate of drug-likeness (QED) is 0.847. The monoisotopic (exact) mass is 261 g/mol. The summed E-state index contributed by atoms with van der Waals surface area (Å²) >= 11 is 0. The lowest BCUT2D eigenvalue weighted by Crippen LogP contribution is -2.34. The van der Waals surface area contributed by atoms with Gasteiger partial charge in [0.1, 0.15) is 0 Å². The van der Waals surface area contributed by atoms with Gasteiger partial charge in [-0.3, -0.25) is 0 Å². The van der Waals surface area contributed by atoms with E-state index in [1.165, 1.54) is 12.1 Å². The lowest BCUT2D eigenvalue weighted by molar-refractivity contribution is -0.137. The molecule has 18 heavy (non-hydrogen) atoms. The molecule has 0 aromatic heterocycles. The van der Waals surface area contributed by atoms with Gasteiger partial charge >= 0.3 is 6.18 Å². The summed E-state index contributed by atoms with van der Waals surface area (Å²) in [5.41, 5.74) is -0.344. The van der Waals surface area contributed by atoms with Gasteiger partial charge in [-0.25, -0.2) is 0 Å². The highest BCUT2D eigenvalue weighted by atomic mass is 19.4. The first-order valence-electron chi connectivity index (χ1n) is 5.87. The van der Waals surface area contributed by atoms with Crippen molar-refractivity contribution in [3.8, 4) is 0 Å². The maximum atomic E-state index is 12.4. The molecule has 0 saturated heterocycles. The maximum absolute atomic E-state index is 12.4. The number of aliphatic hydroxyl groups is 1. The Bertz CT molecular complexity index is 375. The summed E-state index contributed by atoms with van der Waals surface area (Å²) in [6.45, 7) is 3.94. The number of alkyl halides is 3. The fourth-order valence-corrected chi connectivity index (χ4v) is 1.67. The van der Waals surface area contributed by atoms with Crippen LogP contribution in [0.4, 0.5) is 18.9 Å². The van der Waals surface area contributed by atoms with Gasteiger partial charge in [0.2, 0.25) is 0 Å². The number of aliphatic hydroxyl groups excluding tert-OH is 1. The zero-order chi connectivity index (χ0) is 13.8. The third-order valence-corrected chi connectivity index (χ3v) is 3.10. The Labute approximate surface area is 105 Å². The van der Waals surface area contributed by atoms with Crippen LogP contribution in [-0.2, 0) is 6.18 Å². The average molecular weight is 261 g/mol. The summed E-state index contributed by atoms with van der Waals surface area (Å²) in [4.78, 5) is 0. The molecule has 1 atom stereocenters. The Balaban J connectivity index is 2.80. The van der Waals surface area contributed by atoms with Crippen LogP contribution in [0.3, 0.4) is 0 Å². The molecule has 0 aliphatic carbocycles. The number of rotatable bonds is 5. The van der Waals surface area contributed by atoms with Crippen molar-refractivity contribution in [1.82, 2.24) is 0 Å². The standard InChI is InChI=1S/C13H18F3NO/c1-3-12(2,8-9-18)17-11-6-4-10(5-7-11)13(14,15)16/h4-7,17-18H,3,8-9H2,1-2H3. The molecule has 0 amide bonds. The van der Waals surface area contributed by atoms with Crippen LogP contribution < -0.4 is 5.32 Å². The normalized spacial score (nSPS) is 15.2. The topological polar surface area (TPSA) is 32.3 Å². The Morgan fingerprint density at radius 3 is 2.11 bits per heavy atom. The minimum absolute atomic E-state index is 0.0397. The smallest absolute Gasteiger partial charge is 0.396 e. The summed E-state index contributed by atoms with van der Waals surface area (Å²) in [6.07, 6.45) is -2.99. The second kappa shape index (κ2) is 5.61. The number of halogens is 3. The minimum Gasteiger partial charge on any atom is -0.396 e. The predicted octanol–water partition coefficient (Wildman–Crippen LogP) is 3.67. The van der Waals surface area contributed by atoms with Crippen LogP contribution in [0, 0.1) is 0 Å². The van der Waals surface area contributed by atoms with Crippen molar-refractivity contribution < 1.29 is 18.3 Å². The predicted molar refractivity (Wildman–Crippen MR) is 65.5 cm³/mol. The van der Waals surface area contributed by atoms with Crippen LogP contribution in [0.2, 0.25) is 0 Å². The minimum atomic E-state index is -4.31. The lowest BCUT2D eigenvalue weighted by Gasteiger charge is -2.30. The first-order chi connectivity index (χ1) is 8.30. The van der Waals surface area contributed by atoms with Gasteiger partial charge in [-0.2, -0.15) is 13.2 Å². The van der Waals surface area contributed by atoms with Crippen molar-refractivity contribution in [2.75, 3.05) is 11.9 Å². The second-order valence-corrected chi connectivity index (χ2v) is 4.59. The van der Waals surface area contributed by atoms with Gasteiger partial charge in [0.05, 0.1) is 5.56 Å². The van der Waals surface area contributed by atoms with Gasteiger partial charge in [-0.15, -0.1) is 0 Å². The molecule has 5 heteroatoms. The average Bonchev–Trinajstić information content (AvgIpc) is 2.29. The Kier molecular flexibility index (Phi) is 4.62. The maximum Gasteiger partial charge on any atom is 0.416 e. The van der Waals surface area contributed by atoms with E-state index in [2.05, 4.69) is 5.32 Å². The van der Waals surface area contributed by atoms with Crippen molar-refractivity contribution in [2.24, 2.45) is 0 Å². The molecule has 0 aliphatic heterocycles. The Morgan fingerprint density at radius 2 is 1.72 bits per heavy atom. The molecule has 2 nitrogen and oxygen atoms in total. The highest BCUT2D eigenvalue weighted by molar-refractivity contribution is 5.47. The van der Waals surface area contributed by atoms with Crippen LogP contribution >= 0.6 is 0 Å². The summed E-state index contributed by atoms with van der Waals surface area (Å²) in [6, 6.07) is 4.93. The molecule has 0 radical (unpaired) electrons. The van der Waals surface area contributed by atoms with E-state index in [-0.39, 0.29) is 12.1 Å². The van der Waals surface area contributed by atoms with Gasteiger partial charge in [0, 0.05) is 17.8 Å². The van der Waals surface area contributed by atoms with Crippen molar-refractivity contribution >= 4 is 5.69 Å². The van der Waals surface area contributed by atoms with Crippen molar-refractivity contribution in [2.45, 2.75) is 38.4 Å². The largest absolute Gasteiger partial charge is 0.416 e. The molecule has 1 aromatic carbocycles. The van der Waals surface area contributed by atoms with Gasteiger partial charge in [-0.05, 0) is 44.0 Å². The van der Waals surface area contributed by atoms with Crippen molar-refractivity contribution in [3.05, 3.63) is 29.8 Å². The first-order valence-corrected chi connectivity index (χ1v) is 5.87. The van der Waals surface area contributed by atoms with E-state index in [1.807, 2.05) is 13.8 Å². The molecule has 0 heterocycles. The third-order valence-electron chi connectivity index (χ3n) is 3.10. The SMILES string of the molecule is CCC(C)(CCO)Nc1ccc(C(F)(F)F)cc1. The van der Waals surface area contributed by atoms with Gasteiger partial charge < -0.3 is 10.4 Å². The van der Waals surface area contributed by atoms with E-state index in [1.54, 1.807) is 0 Å². The molecule has 1 rings (SSSR count). The molecule has 0 bridgehead atoms. The van der Waals surface area contributed by atoms with Crippen LogP contribution in [0.15, 0.2) is 24.3 Å². The number of hydrogen-bond donors (Lipinski definition) is 2. The molecule has 0 fully saturated rings. The van der Waals surface area contributed by atoms with E-state index >= 15 is 0 Å². The van der Waals surface area contributed by atoms with Crippen molar-refractivity contribution in [3.63, 3.8) is 0 Å². The van der Waals surface area contributed by atoms with Gasteiger partial charge in [-0.1, -0.05) is 6.92 Å². The lowest BCUT2D eigenvalue weighted by atomic mass is 9.94. The molecular formula is C13H18F3NO. The highest BCUT2D eigenvalue weighted by Gasteiger charge is 2.30. The van der Waals surface area contributed by atoms with Crippen LogP contribution in [-0.4, -0.2) is 17.3 Å². The van der Waals surface area contributed by atoms with Crippen LogP contribution in [0.25, 0.3) is 0 Å². The molecular weight excluding hydrogens is 243 g/mol. The first kappa shape index (κ1) is 14.8. The fraction of sp³-hybridized carbons (Fsp3) is 0.538. The Morgan fingerprint density at radius 1 is 1.17 bits per heavy atom. The van der Waals surface area contributed by atoms with E-state index in [9.17, 15) is 13.2 Å². The second-order valence-electron chi connectivity index (χ2n) is 4.59. The Hall–Kier alpha value is -1.23.